The number of methoxy groups -OCH3 is 1. The summed E-state index contributed by atoms with van der Waals surface area (Å²) in [5, 5.41) is 5.52. The third-order valence-corrected chi connectivity index (χ3v) is 5.44. The zero-order chi connectivity index (χ0) is 21.6. The summed E-state index contributed by atoms with van der Waals surface area (Å²) in [6, 6.07) is 10.6. The largest absolute Gasteiger partial charge is 0.497 e. The van der Waals surface area contributed by atoms with Gasteiger partial charge in [-0.1, -0.05) is 23.2 Å². The van der Waals surface area contributed by atoms with Crippen LogP contribution in [0.1, 0.15) is 36.8 Å². The van der Waals surface area contributed by atoms with Crippen LogP contribution < -0.4 is 9.47 Å². The van der Waals surface area contributed by atoms with Gasteiger partial charge in [0, 0.05) is 16.7 Å². The van der Waals surface area contributed by atoms with Crippen molar-refractivity contribution in [1.82, 2.24) is 9.78 Å². The first-order valence-electron chi connectivity index (χ1n) is 9.40. The molecule has 0 unspecified atom stereocenters. The van der Waals surface area contributed by atoms with Crippen LogP contribution in [0, 0.1) is 0 Å². The molecular formula is C22H20Cl2N2O4. The number of carbonyl (C=O) groups excluding carboxylic acids is 1. The molecule has 2 aromatic carbocycles. The SMILES string of the molecule is CCOC(=O)c1nn(-c2ccc(Cl)cc2Cl)c2c1C(C)(C)Oc1cc(OC)ccc1-2. The summed E-state index contributed by atoms with van der Waals surface area (Å²) in [7, 11) is 1.59. The maximum absolute atomic E-state index is 12.8. The second kappa shape index (κ2) is 7.52. The molecule has 2 heterocycles. The predicted octanol–water partition coefficient (Wildman–Crippen LogP) is 5.66. The highest BCUT2D eigenvalue weighted by atomic mass is 35.5. The molecule has 156 valence electrons. The number of fused-ring (bicyclic) bond motifs is 3. The van der Waals surface area contributed by atoms with Crippen molar-refractivity contribution in [1.29, 1.82) is 0 Å². The van der Waals surface area contributed by atoms with Crippen LogP contribution in [0.5, 0.6) is 11.5 Å². The van der Waals surface area contributed by atoms with Crippen LogP contribution in [0.4, 0.5) is 0 Å². The number of hydrogen-bond acceptors (Lipinski definition) is 5. The Bertz CT molecular complexity index is 1150. The van der Waals surface area contributed by atoms with Gasteiger partial charge in [-0.15, -0.1) is 0 Å². The molecule has 0 bridgehead atoms. The van der Waals surface area contributed by atoms with Crippen molar-refractivity contribution in [3.05, 3.63) is 57.7 Å². The summed E-state index contributed by atoms with van der Waals surface area (Å²) in [5.41, 5.74) is 2.02. The molecule has 1 aliphatic heterocycles. The summed E-state index contributed by atoms with van der Waals surface area (Å²) in [6.45, 7) is 5.75. The van der Waals surface area contributed by atoms with E-state index in [-0.39, 0.29) is 12.3 Å². The lowest BCUT2D eigenvalue weighted by molar-refractivity contribution is 0.0500. The number of halogens is 2. The van der Waals surface area contributed by atoms with Crippen LogP contribution in [0.2, 0.25) is 10.0 Å². The zero-order valence-electron chi connectivity index (χ0n) is 17.0. The van der Waals surface area contributed by atoms with E-state index in [1.54, 1.807) is 36.9 Å². The predicted molar refractivity (Wildman–Crippen MR) is 115 cm³/mol. The van der Waals surface area contributed by atoms with Crippen LogP contribution in [0.25, 0.3) is 16.9 Å². The monoisotopic (exact) mass is 446 g/mol. The molecule has 0 atom stereocenters. The van der Waals surface area contributed by atoms with Crippen LogP contribution in [-0.4, -0.2) is 29.5 Å². The van der Waals surface area contributed by atoms with E-state index in [2.05, 4.69) is 5.10 Å². The van der Waals surface area contributed by atoms with E-state index in [0.29, 0.717) is 38.5 Å². The van der Waals surface area contributed by atoms with Gasteiger partial charge in [-0.25, -0.2) is 9.48 Å². The smallest absolute Gasteiger partial charge is 0.359 e. The molecule has 0 saturated heterocycles. The fourth-order valence-electron chi connectivity index (χ4n) is 3.64. The van der Waals surface area contributed by atoms with Crippen molar-refractivity contribution in [2.75, 3.05) is 13.7 Å². The molecule has 3 aromatic rings. The van der Waals surface area contributed by atoms with Gasteiger partial charge in [0.15, 0.2) is 5.69 Å². The lowest BCUT2D eigenvalue weighted by Crippen LogP contribution is -2.31. The van der Waals surface area contributed by atoms with Gasteiger partial charge in [0.05, 0.1) is 35.7 Å². The third kappa shape index (κ3) is 3.30. The van der Waals surface area contributed by atoms with Gasteiger partial charge in [-0.2, -0.15) is 5.10 Å². The first-order valence-corrected chi connectivity index (χ1v) is 10.2. The van der Waals surface area contributed by atoms with Crippen molar-refractivity contribution in [2.45, 2.75) is 26.4 Å². The Morgan fingerprint density at radius 1 is 1.20 bits per heavy atom. The maximum Gasteiger partial charge on any atom is 0.359 e. The number of hydrogen-bond donors (Lipinski definition) is 0. The van der Waals surface area contributed by atoms with E-state index in [4.69, 9.17) is 37.4 Å². The average molecular weight is 447 g/mol. The number of ether oxygens (including phenoxy) is 3. The van der Waals surface area contributed by atoms with Gasteiger partial charge >= 0.3 is 5.97 Å². The number of esters is 1. The van der Waals surface area contributed by atoms with Crippen molar-refractivity contribution in [3.8, 4) is 28.4 Å². The van der Waals surface area contributed by atoms with Gasteiger partial charge in [0.25, 0.3) is 0 Å². The molecule has 30 heavy (non-hydrogen) atoms. The van der Waals surface area contributed by atoms with Gasteiger partial charge in [-0.05, 0) is 51.1 Å². The topological polar surface area (TPSA) is 62.6 Å². The highest BCUT2D eigenvalue weighted by Gasteiger charge is 2.42. The van der Waals surface area contributed by atoms with E-state index < -0.39 is 11.6 Å². The van der Waals surface area contributed by atoms with Crippen molar-refractivity contribution in [2.24, 2.45) is 0 Å². The van der Waals surface area contributed by atoms with Crippen LogP contribution in [0.3, 0.4) is 0 Å². The molecule has 4 rings (SSSR count). The standard InChI is InChI=1S/C22H20Cl2N2O4/c1-5-29-21(27)19-18-20(26(25-19)16-9-6-12(23)10-15(16)24)14-8-7-13(28-4)11-17(14)30-22(18,2)3/h6-11H,5H2,1-4H3. The molecule has 0 spiro atoms. The van der Waals surface area contributed by atoms with Gasteiger partial charge in [0.2, 0.25) is 0 Å². The summed E-state index contributed by atoms with van der Waals surface area (Å²) >= 11 is 12.6. The normalized spacial score (nSPS) is 13.8. The van der Waals surface area contributed by atoms with Crippen LogP contribution in [0.15, 0.2) is 36.4 Å². The Labute approximate surface area is 184 Å². The molecule has 0 amide bonds. The van der Waals surface area contributed by atoms with Gasteiger partial charge in [0.1, 0.15) is 17.1 Å². The lowest BCUT2D eigenvalue weighted by atomic mass is 9.89. The molecule has 0 radical (unpaired) electrons. The number of carbonyl (C=O) groups is 1. The Morgan fingerprint density at radius 3 is 2.63 bits per heavy atom. The second-order valence-corrected chi connectivity index (χ2v) is 8.12. The van der Waals surface area contributed by atoms with Crippen molar-refractivity contribution in [3.63, 3.8) is 0 Å². The maximum atomic E-state index is 12.8. The Morgan fingerprint density at radius 2 is 1.97 bits per heavy atom. The first-order chi connectivity index (χ1) is 14.3. The summed E-state index contributed by atoms with van der Waals surface area (Å²) in [5.74, 6) is 0.758. The molecule has 8 heteroatoms. The second-order valence-electron chi connectivity index (χ2n) is 7.27. The lowest BCUT2D eigenvalue weighted by Gasteiger charge is -2.33. The zero-order valence-corrected chi connectivity index (χ0v) is 18.5. The summed E-state index contributed by atoms with van der Waals surface area (Å²) in [6.07, 6.45) is 0. The van der Waals surface area contributed by atoms with Crippen LogP contribution in [-0.2, 0) is 10.3 Å². The van der Waals surface area contributed by atoms with Gasteiger partial charge < -0.3 is 14.2 Å². The number of benzene rings is 2. The van der Waals surface area contributed by atoms with E-state index in [1.807, 2.05) is 32.0 Å². The average Bonchev–Trinajstić information content (AvgIpc) is 3.09. The summed E-state index contributed by atoms with van der Waals surface area (Å²) < 4.78 is 18.5. The van der Waals surface area contributed by atoms with Crippen molar-refractivity contribution >= 4 is 29.2 Å². The first kappa shape index (κ1) is 20.6. The molecular weight excluding hydrogens is 427 g/mol. The molecule has 0 N–H and O–H groups in total. The number of aromatic nitrogens is 2. The molecule has 6 nitrogen and oxygen atoms in total. The quantitative estimate of drug-likeness (QED) is 0.483. The van der Waals surface area contributed by atoms with E-state index in [1.165, 1.54) is 0 Å². The molecule has 1 aliphatic rings. The van der Waals surface area contributed by atoms with Crippen LogP contribution >= 0.6 is 23.2 Å². The Balaban J connectivity index is 2.06. The van der Waals surface area contributed by atoms with E-state index >= 15 is 0 Å². The van der Waals surface area contributed by atoms with Crippen molar-refractivity contribution < 1.29 is 19.0 Å². The minimum atomic E-state index is -0.853. The number of nitrogens with zero attached hydrogens (tertiary/aromatic N) is 2. The molecule has 0 aliphatic carbocycles. The van der Waals surface area contributed by atoms with E-state index in [0.717, 1.165) is 5.56 Å². The van der Waals surface area contributed by atoms with Gasteiger partial charge in [-0.3, -0.25) is 0 Å². The fraction of sp³-hybridized carbons (Fsp3) is 0.273. The minimum absolute atomic E-state index is 0.185. The molecule has 0 fully saturated rings. The van der Waals surface area contributed by atoms with E-state index in [9.17, 15) is 4.79 Å². The Kier molecular flexibility index (Phi) is 5.16. The Hall–Kier alpha value is -2.70. The third-order valence-electron chi connectivity index (χ3n) is 4.90. The summed E-state index contributed by atoms with van der Waals surface area (Å²) in [4.78, 5) is 12.8. The molecule has 1 aromatic heterocycles. The molecule has 0 saturated carbocycles. The highest BCUT2D eigenvalue weighted by molar-refractivity contribution is 6.35. The highest BCUT2D eigenvalue weighted by Crippen LogP contribution is 2.49. The number of rotatable bonds is 4. The fourth-order valence-corrected chi connectivity index (χ4v) is 4.13. The minimum Gasteiger partial charge on any atom is -0.497 e.